The van der Waals surface area contributed by atoms with E-state index in [4.69, 9.17) is 9.72 Å². The van der Waals surface area contributed by atoms with E-state index in [1.165, 1.54) is 4.90 Å². The number of hydrogen-bond acceptors (Lipinski definition) is 8. The first-order valence-electron chi connectivity index (χ1n) is 17.7. The third-order valence-electron chi connectivity index (χ3n) is 9.37. The number of amides is 3. The Kier molecular flexibility index (Phi) is 11.0. The molecule has 0 aliphatic carbocycles. The Morgan fingerprint density at radius 1 is 0.981 bits per heavy atom. The second-order valence-electron chi connectivity index (χ2n) is 12.9. The molecule has 3 aromatic carbocycles. The summed E-state index contributed by atoms with van der Waals surface area (Å²) in [5, 5.41) is 4.87. The molecule has 0 unspecified atom stereocenters. The molecule has 0 saturated carbocycles. The fourth-order valence-electron chi connectivity index (χ4n) is 6.74. The molecule has 1 aliphatic heterocycles. The van der Waals surface area contributed by atoms with Crippen LogP contribution in [0.1, 0.15) is 57.2 Å². The number of rotatable bonds is 14. The number of carbonyl (C=O) groups excluding carboxylic acids is 3. The molecule has 3 N–H and O–H groups in total. The number of hydrogen-bond donors (Lipinski definition) is 3. The summed E-state index contributed by atoms with van der Waals surface area (Å²) in [5.74, 6) is 1.56. The minimum absolute atomic E-state index is 0.0737. The highest BCUT2D eigenvalue weighted by atomic mass is 19.2. The highest BCUT2D eigenvalue weighted by molar-refractivity contribution is 6.07. The predicted octanol–water partition coefficient (Wildman–Crippen LogP) is 6.09. The molecule has 0 fully saturated rings. The summed E-state index contributed by atoms with van der Waals surface area (Å²) in [6.07, 6.45) is 2.70. The second kappa shape index (κ2) is 15.8. The summed E-state index contributed by atoms with van der Waals surface area (Å²) in [6.45, 7) is 7.17. The molecule has 6 rings (SSSR count). The Morgan fingerprint density at radius 2 is 1.75 bits per heavy atom. The van der Waals surface area contributed by atoms with Crippen molar-refractivity contribution in [1.82, 2.24) is 40.2 Å². The van der Waals surface area contributed by atoms with Gasteiger partial charge in [0.2, 0.25) is 11.8 Å². The highest BCUT2D eigenvalue weighted by Gasteiger charge is 2.25. The number of benzene rings is 3. The minimum atomic E-state index is -1.23. The number of ether oxygens (including phenoxy) is 2. The summed E-state index contributed by atoms with van der Waals surface area (Å²) < 4.78 is 24.6. The number of aromatic nitrogens is 4. The minimum Gasteiger partial charge on any atom is -0.488 e. The first-order chi connectivity index (χ1) is 25.2. The topological polar surface area (TPSA) is 149 Å². The maximum absolute atomic E-state index is 14.0. The van der Waals surface area contributed by atoms with Crippen LogP contribution >= 0.6 is 0 Å². The van der Waals surface area contributed by atoms with Gasteiger partial charge in [-0.15, -0.1) is 5.12 Å². The summed E-state index contributed by atoms with van der Waals surface area (Å²) in [6, 6.07) is 14.2. The van der Waals surface area contributed by atoms with Crippen molar-refractivity contribution in [2.75, 3.05) is 33.8 Å². The van der Waals surface area contributed by atoms with Crippen LogP contribution < -0.4 is 10.1 Å². The van der Waals surface area contributed by atoms with Gasteiger partial charge in [0.25, 0.3) is 0 Å². The zero-order chi connectivity index (χ0) is 36.9. The standard InChI is InChI=1S/C38H45FN8O5/c1-6-13-45(35(48)21-47(39)38(50)51-5)19-33-41-18-31(43-33)24-9-11-26-25(15-24)22-52-32-17-27-23(16-28(26)32)10-12-30-36(27)44-34(42-30)20-46(14-7-2)37(49)29(8-3)40-4/h9-12,15-18,29,40H,6-8,13-14,19-22H2,1-5H3,(H,41,43)(H,42,44)/t29-/m0/s1. The van der Waals surface area contributed by atoms with Gasteiger partial charge in [-0.2, -0.15) is 0 Å². The molecule has 13 nitrogen and oxygen atoms in total. The lowest BCUT2D eigenvalue weighted by Gasteiger charge is -2.25. The molecular formula is C38H45FN8O5. The van der Waals surface area contributed by atoms with E-state index in [1.54, 1.807) is 6.20 Å². The molecule has 3 heterocycles. The van der Waals surface area contributed by atoms with Crippen LogP contribution in [0.15, 0.2) is 48.7 Å². The van der Waals surface area contributed by atoms with E-state index in [0.717, 1.165) is 74.9 Å². The van der Waals surface area contributed by atoms with Gasteiger partial charge < -0.3 is 34.6 Å². The van der Waals surface area contributed by atoms with Gasteiger partial charge in [0.15, 0.2) is 0 Å². The number of aromatic amines is 2. The maximum Gasteiger partial charge on any atom is 0.438 e. The number of likely N-dealkylation sites (N-methyl/N-ethyl adjacent to an activating group) is 1. The molecule has 14 heteroatoms. The van der Waals surface area contributed by atoms with Crippen LogP contribution in [0.2, 0.25) is 0 Å². The van der Waals surface area contributed by atoms with Gasteiger partial charge in [0.1, 0.15) is 30.5 Å². The third-order valence-corrected chi connectivity index (χ3v) is 9.37. The van der Waals surface area contributed by atoms with E-state index in [-0.39, 0.29) is 23.6 Å². The summed E-state index contributed by atoms with van der Waals surface area (Å²) in [7, 11) is 2.87. The summed E-state index contributed by atoms with van der Waals surface area (Å²) in [4.78, 5) is 56.8. The Labute approximate surface area is 301 Å². The van der Waals surface area contributed by atoms with Crippen LogP contribution in [-0.2, 0) is 34.0 Å². The summed E-state index contributed by atoms with van der Waals surface area (Å²) in [5.41, 5.74) is 6.48. The molecular weight excluding hydrogens is 667 g/mol. The highest BCUT2D eigenvalue weighted by Crippen LogP contribution is 2.42. The zero-order valence-electron chi connectivity index (χ0n) is 30.2. The van der Waals surface area contributed by atoms with Crippen LogP contribution in [0.3, 0.4) is 0 Å². The number of methoxy groups -OCH3 is 1. The van der Waals surface area contributed by atoms with Crippen LogP contribution in [0.25, 0.3) is 44.2 Å². The summed E-state index contributed by atoms with van der Waals surface area (Å²) >= 11 is 0. The van der Waals surface area contributed by atoms with E-state index >= 15 is 0 Å². The fourth-order valence-corrected chi connectivity index (χ4v) is 6.74. The molecule has 5 aromatic rings. The monoisotopic (exact) mass is 712 g/mol. The van der Waals surface area contributed by atoms with Crippen molar-refractivity contribution in [3.8, 4) is 28.1 Å². The molecule has 0 radical (unpaired) electrons. The Bertz CT molecular complexity index is 2090. The number of nitrogens with zero attached hydrogens (tertiary/aromatic N) is 5. The molecule has 3 amide bonds. The van der Waals surface area contributed by atoms with Crippen LogP contribution in [0, 0.1) is 0 Å². The number of halogens is 1. The van der Waals surface area contributed by atoms with Crippen molar-refractivity contribution in [3.05, 3.63) is 65.9 Å². The van der Waals surface area contributed by atoms with E-state index in [9.17, 15) is 18.9 Å². The number of imidazole rings is 2. The quantitative estimate of drug-likeness (QED) is 0.117. The van der Waals surface area contributed by atoms with E-state index < -0.39 is 18.5 Å². The van der Waals surface area contributed by atoms with Crippen molar-refractivity contribution in [2.24, 2.45) is 0 Å². The Balaban J connectivity index is 1.22. The lowest BCUT2D eigenvalue weighted by atomic mass is 9.92. The first-order valence-corrected chi connectivity index (χ1v) is 17.7. The van der Waals surface area contributed by atoms with Crippen LogP contribution in [0.5, 0.6) is 5.75 Å². The second-order valence-corrected chi connectivity index (χ2v) is 12.9. The van der Waals surface area contributed by atoms with Crippen LogP contribution in [-0.4, -0.2) is 92.6 Å². The molecule has 0 spiro atoms. The molecule has 1 aliphatic rings. The lowest BCUT2D eigenvalue weighted by molar-refractivity contribution is -0.136. The van der Waals surface area contributed by atoms with Crippen molar-refractivity contribution < 1.29 is 28.3 Å². The van der Waals surface area contributed by atoms with E-state index in [1.807, 2.05) is 37.9 Å². The molecule has 52 heavy (non-hydrogen) atoms. The first kappa shape index (κ1) is 36.3. The van der Waals surface area contributed by atoms with E-state index in [0.29, 0.717) is 44.9 Å². The average Bonchev–Trinajstić information content (AvgIpc) is 3.80. The predicted molar refractivity (Wildman–Crippen MR) is 196 cm³/mol. The van der Waals surface area contributed by atoms with Crippen molar-refractivity contribution >= 4 is 39.7 Å². The molecule has 0 bridgehead atoms. The third kappa shape index (κ3) is 7.42. The molecule has 1 atom stereocenters. The Hall–Kier alpha value is -5.50. The van der Waals surface area contributed by atoms with Gasteiger partial charge in [0.05, 0.1) is 49.2 Å². The molecule has 0 saturated heterocycles. The van der Waals surface area contributed by atoms with Crippen molar-refractivity contribution in [1.29, 1.82) is 0 Å². The number of fused-ring (bicyclic) bond motifs is 6. The Morgan fingerprint density at radius 3 is 2.48 bits per heavy atom. The maximum atomic E-state index is 14.0. The molecule has 274 valence electrons. The van der Waals surface area contributed by atoms with Gasteiger partial charge in [-0.25, -0.2) is 14.8 Å². The average molecular weight is 713 g/mol. The lowest BCUT2D eigenvalue weighted by Crippen LogP contribution is -2.45. The normalized spacial score (nSPS) is 12.6. The number of nitrogens with one attached hydrogen (secondary N) is 3. The number of H-pyrrole nitrogens is 2. The smallest absolute Gasteiger partial charge is 0.438 e. The SMILES string of the molecule is CCCN(Cc1ncc(-c2ccc3c(c2)COc2cc4c(ccc5[nH]c(CN(CCC)C(=O)[C@H](CC)NC)nc54)cc2-3)[nH]1)C(=O)CN(F)C(=O)OC. The molecule has 2 aromatic heterocycles. The largest absolute Gasteiger partial charge is 0.488 e. The fraction of sp³-hybridized carbons (Fsp3) is 0.395. The van der Waals surface area contributed by atoms with Crippen LogP contribution in [0.4, 0.5) is 9.28 Å². The zero-order valence-corrected chi connectivity index (χ0v) is 30.2. The van der Waals surface area contributed by atoms with Gasteiger partial charge >= 0.3 is 6.09 Å². The number of carbonyl (C=O) groups is 3. The van der Waals surface area contributed by atoms with Crippen molar-refractivity contribution in [3.63, 3.8) is 0 Å². The van der Waals surface area contributed by atoms with Gasteiger partial charge in [-0.1, -0.05) is 43.5 Å². The van der Waals surface area contributed by atoms with E-state index in [2.05, 4.69) is 62.3 Å². The van der Waals surface area contributed by atoms with Gasteiger partial charge in [-0.05, 0) is 72.7 Å². The van der Waals surface area contributed by atoms with Gasteiger partial charge in [0, 0.05) is 24.0 Å². The van der Waals surface area contributed by atoms with Gasteiger partial charge in [-0.3, -0.25) is 9.59 Å². The van der Waals surface area contributed by atoms with Crippen molar-refractivity contribution in [2.45, 2.75) is 65.8 Å².